The molecule has 0 heterocycles. The van der Waals surface area contributed by atoms with Gasteiger partial charge in [-0.05, 0) is 13.0 Å². The highest BCUT2D eigenvalue weighted by molar-refractivity contribution is 7.87. The van der Waals surface area contributed by atoms with Crippen molar-refractivity contribution in [2.24, 2.45) is 0 Å². The van der Waals surface area contributed by atoms with Crippen molar-refractivity contribution < 1.29 is 17.7 Å². The Balaban J connectivity index is 3.08. The van der Waals surface area contributed by atoms with Crippen molar-refractivity contribution in [3.05, 3.63) is 23.8 Å². The van der Waals surface area contributed by atoms with E-state index in [9.17, 15) is 8.42 Å². The minimum absolute atomic E-state index is 0.144. The van der Waals surface area contributed by atoms with E-state index in [1.165, 1.54) is 13.2 Å². The van der Waals surface area contributed by atoms with Gasteiger partial charge in [-0.15, -0.1) is 0 Å². The predicted molar refractivity (Wildman–Crippen MR) is 48.8 cm³/mol. The Morgan fingerprint density at radius 3 is 2.54 bits per heavy atom. The fourth-order valence-electron chi connectivity index (χ4n) is 1.15. The highest BCUT2D eigenvalue weighted by Gasteiger charge is 2.40. The molecular weight excluding hydrogens is 192 g/mol. The topological polar surface area (TPSA) is 63.6 Å². The number of ether oxygens (including phenoxy) is 1. The Hall–Kier alpha value is -0.650. The van der Waals surface area contributed by atoms with E-state index >= 15 is 0 Å². The van der Waals surface area contributed by atoms with Gasteiger partial charge in [0.2, 0.25) is 4.93 Å². The van der Waals surface area contributed by atoms with Crippen LogP contribution in [0.4, 0.5) is 0 Å². The number of hydrogen-bond donors (Lipinski definition) is 1. The van der Waals surface area contributed by atoms with E-state index < -0.39 is 15.1 Å². The number of hydrogen-bond acceptors (Lipinski definition) is 3. The second-order valence-corrected chi connectivity index (χ2v) is 4.62. The zero-order valence-corrected chi connectivity index (χ0v) is 8.34. The molecule has 1 N–H and O–H groups in total. The van der Waals surface area contributed by atoms with Crippen LogP contribution in [0.3, 0.4) is 0 Å². The molecule has 0 radical (unpaired) electrons. The summed E-state index contributed by atoms with van der Waals surface area (Å²) in [5, 5.41) is 0. The normalized spacial score (nSPS) is 28.7. The van der Waals surface area contributed by atoms with Crippen LogP contribution in [0, 0.1) is 0 Å². The van der Waals surface area contributed by atoms with Gasteiger partial charge in [-0.3, -0.25) is 4.55 Å². The Morgan fingerprint density at radius 1 is 1.62 bits per heavy atom. The molecule has 1 aliphatic rings. The van der Waals surface area contributed by atoms with Gasteiger partial charge < -0.3 is 4.74 Å². The second-order valence-electron chi connectivity index (χ2n) is 2.98. The third-order valence-electron chi connectivity index (χ3n) is 2.09. The van der Waals surface area contributed by atoms with E-state index in [1.807, 2.05) is 6.92 Å². The first kappa shape index (κ1) is 10.4. The Labute approximate surface area is 77.7 Å². The number of allylic oxidation sites excluding steroid dienone is 2. The highest BCUT2D eigenvalue weighted by Crippen LogP contribution is 2.28. The molecule has 0 bridgehead atoms. The molecule has 0 aromatic carbocycles. The van der Waals surface area contributed by atoms with Crippen LogP contribution in [-0.2, 0) is 14.9 Å². The Morgan fingerprint density at radius 2 is 2.23 bits per heavy atom. The third kappa shape index (κ3) is 1.82. The van der Waals surface area contributed by atoms with E-state index in [2.05, 4.69) is 0 Å². The van der Waals surface area contributed by atoms with Crippen molar-refractivity contribution in [3.8, 4) is 0 Å². The summed E-state index contributed by atoms with van der Waals surface area (Å²) in [4.78, 5) is -1.59. The zero-order chi connectivity index (χ0) is 10.1. The van der Waals surface area contributed by atoms with Crippen molar-refractivity contribution in [2.75, 3.05) is 7.11 Å². The van der Waals surface area contributed by atoms with Gasteiger partial charge >= 0.3 is 0 Å². The molecule has 1 unspecified atom stereocenters. The molecule has 0 spiro atoms. The summed E-state index contributed by atoms with van der Waals surface area (Å²) in [5.74, 6) is 0. The van der Waals surface area contributed by atoms with Crippen LogP contribution in [0.1, 0.15) is 13.3 Å². The van der Waals surface area contributed by atoms with Crippen LogP contribution in [0.25, 0.3) is 0 Å². The van der Waals surface area contributed by atoms with E-state index in [1.54, 1.807) is 12.2 Å². The lowest BCUT2D eigenvalue weighted by atomic mass is 10.1. The SMILES string of the molecule is COC1(S(=O)(=O)O)C=CC(C)=CC1. The second kappa shape index (κ2) is 3.25. The van der Waals surface area contributed by atoms with Gasteiger partial charge in [0.1, 0.15) is 0 Å². The minimum Gasteiger partial charge on any atom is -0.357 e. The van der Waals surface area contributed by atoms with Crippen molar-refractivity contribution in [1.82, 2.24) is 0 Å². The first-order valence-corrected chi connectivity index (χ1v) is 5.23. The fraction of sp³-hybridized carbons (Fsp3) is 0.500. The van der Waals surface area contributed by atoms with Crippen molar-refractivity contribution in [1.29, 1.82) is 0 Å². The minimum atomic E-state index is -4.21. The van der Waals surface area contributed by atoms with Gasteiger partial charge in [-0.1, -0.05) is 17.7 Å². The molecule has 0 amide bonds. The molecule has 13 heavy (non-hydrogen) atoms. The highest BCUT2D eigenvalue weighted by atomic mass is 32.2. The summed E-state index contributed by atoms with van der Waals surface area (Å²) in [7, 11) is -2.96. The van der Waals surface area contributed by atoms with Crippen molar-refractivity contribution in [2.45, 2.75) is 18.3 Å². The quantitative estimate of drug-likeness (QED) is 0.685. The van der Waals surface area contributed by atoms with Gasteiger partial charge in [-0.25, -0.2) is 0 Å². The number of rotatable bonds is 2. The zero-order valence-electron chi connectivity index (χ0n) is 7.52. The van der Waals surface area contributed by atoms with Crippen molar-refractivity contribution in [3.63, 3.8) is 0 Å². The molecule has 5 heteroatoms. The van der Waals surface area contributed by atoms with Gasteiger partial charge in [-0.2, -0.15) is 8.42 Å². The molecule has 0 fully saturated rings. The lowest BCUT2D eigenvalue weighted by Gasteiger charge is -2.26. The lowest BCUT2D eigenvalue weighted by molar-refractivity contribution is 0.0941. The summed E-state index contributed by atoms with van der Waals surface area (Å²) in [6.07, 6.45) is 4.82. The molecule has 0 aliphatic heterocycles. The first-order chi connectivity index (χ1) is 5.91. The largest absolute Gasteiger partial charge is 0.357 e. The average molecular weight is 204 g/mol. The standard InChI is InChI=1S/C8H12O4S/c1-7-3-5-8(12-2,6-4-7)13(9,10)11/h3-5H,6H2,1-2H3,(H,9,10,11). The third-order valence-corrected chi connectivity index (χ3v) is 3.43. The van der Waals surface area contributed by atoms with Gasteiger partial charge in [0, 0.05) is 13.5 Å². The maximum absolute atomic E-state index is 11.0. The Bertz CT molecular complexity index is 352. The van der Waals surface area contributed by atoms with Crippen LogP contribution in [0.2, 0.25) is 0 Å². The van der Waals surface area contributed by atoms with Gasteiger partial charge in [0.05, 0.1) is 0 Å². The van der Waals surface area contributed by atoms with Crippen LogP contribution < -0.4 is 0 Å². The Kier molecular flexibility index (Phi) is 2.61. The first-order valence-electron chi connectivity index (χ1n) is 3.79. The average Bonchev–Trinajstić information content (AvgIpc) is 2.04. The summed E-state index contributed by atoms with van der Waals surface area (Å²) in [6.45, 7) is 1.85. The maximum Gasteiger partial charge on any atom is 0.299 e. The molecule has 0 saturated carbocycles. The van der Waals surface area contributed by atoms with E-state index in [-0.39, 0.29) is 6.42 Å². The molecule has 74 valence electrons. The van der Waals surface area contributed by atoms with Crippen molar-refractivity contribution >= 4 is 10.1 Å². The molecule has 1 rings (SSSR count). The predicted octanol–water partition coefficient (Wildman–Crippen LogP) is 1.12. The lowest BCUT2D eigenvalue weighted by Crippen LogP contribution is -2.38. The van der Waals surface area contributed by atoms with E-state index in [4.69, 9.17) is 9.29 Å². The van der Waals surface area contributed by atoms with Crippen LogP contribution in [0.5, 0.6) is 0 Å². The molecule has 0 aromatic heterocycles. The van der Waals surface area contributed by atoms with Crippen LogP contribution in [0.15, 0.2) is 23.8 Å². The summed E-state index contributed by atoms with van der Waals surface area (Å²) < 4.78 is 35.8. The maximum atomic E-state index is 11.0. The molecule has 1 atom stereocenters. The summed E-state index contributed by atoms with van der Waals surface area (Å²) in [5.41, 5.74) is 0.955. The van der Waals surface area contributed by atoms with Crippen LogP contribution >= 0.6 is 0 Å². The van der Waals surface area contributed by atoms with E-state index in [0.717, 1.165) is 5.57 Å². The molecule has 1 aliphatic carbocycles. The summed E-state index contributed by atoms with van der Waals surface area (Å²) >= 11 is 0. The summed E-state index contributed by atoms with van der Waals surface area (Å²) in [6, 6.07) is 0. The van der Waals surface area contributed by atoms with E-state index in [0.29, 0.717) is 0 Å². The monoisotopic (exact) mass is 204 g/mol. The van der Waals surface area contributed by atoms with Gasteiger partial charge in [0.25, 0.3) is 10.1 Å². The molecule has 0 saturated heterocycles. The molecular formula is C8H12O4S. The van der Waals surface area contributed by atoms with Crippen LogP contribution in [-0.4, -0.2) is 25.0 Å². The molecule has 0 aromatic rings. The fourth-order valence-corrected chi connectivity index (χ4v) is 1.89. The number of methoxy groups -OCH3 is 1. The molecule has 4 nitrogen and oxygen atoms in total. The van der Waals surface area contributed by atoms with Gasteiger partial charge in [0.15, 0.2) is 0 Å². The smallest absolute Gasteiger partial charge is 0.299 e.